The van der Waals surface area contributed by atoms with Gasteiger partial charge in [-0.15, -0.1) is 0 Å². The molecule has 0 N–H and O–H groups in total. The van der Waals surface area contributed by atoms with Crippen LogP contribution < -0.4 is 0 Å². The standard InChI is InChI=1S/C11H21NO2/c1-3-12-6-4-10(5-7-12)11(2)13-8-9-14-11/h10H,3-9H2,1-2H3. The summed E-state index contributed by atoms with van der Waals surface area (Å²) in [6.45, 7) is 9.43. The maximum atomic E-state index is 5.71. The van der Waals surface area contributed by atoms with Crippen LogP contribution in [-0.2, 0) is 9.47 Å². The first-order valence-corrected chi connectivity index (χ1v) is 5.75. The molecule has 2 saturated heterocycles. The summed E-state index contributed by atoms with van der Waals surface area (Å²) in [5, 5.41) is 0. The van der Waals surface area contributed by atoms with Gasteiger partial charge in [0.1, 0.15) is 0 Å². The van der Waals surface area contributed by atoms with Gasteiger partial charge < -0.3 is 14.4 Å². The molecule has 0 unspecified atom stereocenters. The van der Waals surface area contributed by atoms with Crippen molar-refractivity contribution in [2.24, 2.45) is 5.92 Å². The van der Waals surface area contributed by atoms with E-state index in [2.05, 4.69) is 18.7 Å². The lowest BCUT2D eigenvalue weighted by molar-refractivity contribution is -0.190. The summed E-state index contributed by atoms with van der Waals surface area (Å²) in [4.78, 5) is 2.49. The van der Waals surface area contributed by atoms with Crippen LogP contribution >= 0.6 is 0 Å². The van der Waals surface area contributed by atoms with E-state index in [9.17, 15) is 0 Å². The van der Waals surface area contributed by atoms with Crippen LogP contribution in [0.4, 0.5) is 0 Å². The number of rotatable bonds is 2. The first kappa shape index (κ1) is 10.4. The SMILES string of the molecule is CCN1CCC(C2(C)OCCO2)CC1. The summed E-state index contributed by atoms with van der Waals surface area (Å²) in [6, 6.07) is 0. The van der Waals surface area contributed by atoms with Gasteiger partial charge in [-0.05, 0) is 39.4 Å². The third-order valence-corrected chi connectivity index (χ3v) is 3.64. The number of ether oxygens (including phenoxy) is 2. The lowest BCUT2D eigenvalue weighted by Crippen LogP contribution is -2.44. The Kier molecular flexibility index (Phi) is 3.10. The fourth-order valence-electron chi connectivity index (χ4n) is 2.54. The largest absolute Gasteiger partial charge is 0.348 e. The van der Waals surface area contributed by atoms with Crippen LogP contribution in [0.15, 0.2) is 0 Å². The highest BCUT2D eigenvalue weighted by Crippen LogP contribution is 2.34. The second-order valence-electron chi connectivity index (χ2n) is 4.42. The number of hydrogen-bond acceptors (Lipinski definition) is 3. The van der Waals surface area contributed by atoms with Gasteiger partial charge in [0.25, 0.3) is 0 Å². The summed E-state index contributed by atoms with van der Waals surface area (Å²) in [5.74, 6) is 0.313. The van der Waals surface area contributed by atoms with Crippen molar-refractivity contribution in [3.63, 3.8) is 0 Å². The topological polar surface area (TPSA) is 21.7 Å². The van der Waals surface area contributed by atoms with E-state index >= 15 is 0 Å². The van der Waals surface area contributed by atoms with Crippen molar-refractivity contribution in [1.82, 2.24) is 4.90 Å². The van der Waals surface area contributed by atoms with Crippen molar-refractivity contribution in [3.8, 4) is 0 Å². The molecule has 2 heterocycles. The molecule has 2 fully saturated rings. The van der Waals surface area contributed by atoms with Gasteiger partial charge in [0.2, 0.25) is 0 Å². The minimum Gasteiger partial charge on any atom is -0.348 e. The van der Waals surface area contributed by atoms with Crippen LogP contribution in [0, 0.1) is 5.92 Å². The van der Waals surface area contributed by atoms with Crippen LogP contribution in [0.3, 0.4) is 0 Å². The van der Waals surface area contributed by atoms with E-state index in [1.165, 1.54) is 32.5 Å². The molecule has 2 aliphatic rings. The molecule has 0 aromatic rings. The molecule has 3 nitrogen and oxygen atoms in total. The van der Waals surface area contributed by atoms with Crippen LogP contribution in [0.1, 0.15) is 26.7 Å². The Labute approximate surface area is 86.4 Å². The third-order valence-electron chi connectivity index (χ3n) is 3.64. The molecule has 2 aliphatic heterocycles. The Morgan fingerprint density at radius 3 is 2.29 bits per heavy atom. The van der Waals surface area contributed by atoms with Crippen molar-refractivity contribution in [2.45, 2.75) is 32.5 Å². The molecule has 0 atom stereocenters. The van der Waals surface area contributed by atoms with Gasteiger partial charge in [0.05, 0.1) is 13.2 Å². The summed E-state index contributed by atoms with van der Waals surface area (Å²) in [5.41, 5.74) is 0. The summed E-state index contributed by atoms with van der Waals surface area (Å²) in [7, 11) is 0. The minimum absolute atomic E-state index is 0.278. The van der Waals surface area contributed by atoms with E-state index in [0.29, 0.717) is 5.92 Å². The highest BCUT2D eigenvalue weighted by atomic mass is 16.7. The smallest absolute Gasteiger partial charge is 0.168 e. The van der Waals surface area contributed by atoms with Crippen molar-refractivity contribution >= 4 is 0 Å². The predicted octanol–water partition coefficient (Wildman–Crippen LogP) is 1.48. The molecular weight excluding hydrogens is 178 g/mol. The Morgan fingerprint density at radius 2 is 1.79 bits per heavy atom. The quantitative estimate of drug-likeness (QED) is 0.672. The van der Waals surface area contributed by atoms with Crippen molar-refractivity contribution < 1.29 is 9.47 Å². The molecule has 0 radical (unpaired) electrons. The molecule has 0 bridgehead atoms. The van der Waals surface area contributed by atoms with Gasteiger partial charge in [-0.25, -0.2) is 0 Å². The van der Waals surface area contributed by atoms with Gasteiger partial charge in [-0.3, -0.25) is 0 Å². The fourth-order valence-corrected chi connectivity index (χ4v) is 2.54. The third kappa shape index (κ3) is 1.95. The van der Waals surface area contributed by atoms with Crippen LogP contribution in [0.5, 0.6) is 0 Å². The molecule has 0 aromatic heterocycles. The van der Waals surface area contributed by atoms with Gasteiger partial charge in [-0.2, -0.15) is 0 Å². The van der Waals surface area contributed by atoms with Crippen molar-refractivity contribution in [1.29, 1.82) is 0 Å². The number of piperidine rings is 1. The molecule has 3 heteroatoms. The lowest BCUT2D eigenvalue weighted by Gasteiger charge is -2.38. The molecule has 0 saturated carbocycles. The zero-order valence-corrected chi connectivity index (χ0v) is 9.29. The Balaban J connectivity index is 1.88. The lowest BCUT2D eigenvalue weighted by atomic mass is 9.89. The average Bonchev–Trinajstić information content (AvgIpc) is 2.67. The van der Waals surface area contributed by atoms with E-state index in [4.69, 9.17) is 9.47 Å². The van der Waals surface area contributed by atoms with E-state index in [-0.39, 0.29) is 5.79 Å². The van der Waals surface area contributed by atoms with E-state index in [0.717, 1.165) is 13.2 Å². The Hall–Kier alpha value is -0.120. The normalized spacial score (nSPS) is 29.6. The first-order chi connectivity index (χ1) is 6.74. The van der Waals surface area contributed by atoms with Crippen molar-refractivity contribution in [2.75, 3.05) is 32.8 Å². The zero-order chi connectivity index (χ0) is 10.0. The molecular formula is C11H21NO2. The maximum Gasteiger partial charge on any atom is 0.168 e. The minimum atomic E-state index is -0.278. The monoisotopic (exact) mass is 199 g/mol. The van der Waals surface area contributed by atoms with E-state index < -0.39 is 0 Å². The molecule has 0 spiro atoms. The van der Waals surface area contributed by atoms with Crippen LogP contribution in [0.2, 0.25) is 0 Å². The molecule has 82 valence electrons. The highest BCUT2D eigenvalue weighted by Gasteiger charge is 2.40. The Morgan fingerprint density at radius 1 is 1.21 bits per heavy atom. The van der Waals surface area contributed by atoms with Gasteiger partial charge >= 0.3 is 0 Å². The number of hydrogen-bond donors (Lipinski definition) is 0. The summed E-state index contributed by atoms with van der Waals surface area (Å²) in [6.07, 6.45) is 2.43. The second-order valence-corrected chi connectivity index (χ2v) is 4.42. The first-order valence-electron chi connectivity index (χ1n) is 5.75. The molecule has 0 aliphatic carbocycles. The maximum absolute atomic E-state index is 5.71. The molecule has 0 aromatic carbocycles. The molecule has 0 amide bonds. The molecule has 14 heavy (non-hydrogen) atoms. The Bertz CT molecular complexity index is 182. The van der Waals surface area contributed by atoms with Gasteiger partial charge in [0, 0.05) is 5.92 Å². The fraction of sp³-hybridized carbons (Fsp3) is 1.00. The average molecular weight is 199 g/mol. The number of likely N-dealkylation sites (tertiary alicyclic amines) is 1. The van der Waals surface area contributed by atoms with E-state index in [1.54, 1.807) is 0 Å². The van der Waals surface area contributed by atoms with Crippen molar-refractivity contribution in [3.05, 3.63) is 0 Å². The summed E-state index contributed by atoms with van der Waals surface area (Å²) < 4.78 is 11.4. The zero-order valence-electron chi connectivity index (χ0n) is 9.29. The highest BCUT2D eigenvalue weighted by molar-refractivity contribution is 4.83. The molecule has 2 rings (SSSR count). The summed E-state index contributed by atoms with van der Waals surface area (Å²) >= 11 is 0. The van der Waals surface area contributed by atoms with Crippen LogP contribution in [-0.4, -0.2) is 43.5 Å². The number of nitrogens with zero attached hydrogens (tertiary/aromatic N) is 1. The second kappa shape index (κ2) is 4.17. The van der Waals surface area contributed by atoms with Gasteiger partial charge in [0.15, 0.2) is 5.79 Å². The predicted molar refractivity (Wildman–Crippen MR) is 55.1 cm³/mol. The van der Waals surface area contributed by atoms with E-state index in [1.807, 2.05) is 0 Å². The van der Waals surface area contributed by atoms with Crippen LogP contribution in [0.25, 0.3) is 0 Å². The van der Waals surface area contributed by atoms with Gasteiger partial charge in [-0.1, -0.05) is 6.92 Å².